The number of nitrogens with one attached hydrogen (secondary N) is 1. The Bertz CT molecular complexity index is 443. The van der Waals surface area contributed by atoms with E-state index in [2.05, 4.69) is 28.8 Å². The Balaban J connectivity index is 2.53. The molecule has 0 aromatic carbocycles. The van der Waals surface area contributed by atoms with Crippen molar-refractivity contribution in [1.29, 1.82) is 0 Å². The lowest BCUT2D eigenvalue weighted by atomic mass is 10.1. The van der Waals surface area contributed by atoms with Crippen molar-refractivity contribution in [3.63, 3.8) is 0 Å². The highest BCUT2D eigenvalue weighted by molar-refractivity contribution is 5.58. The molecule has 78 valence electrons. The lowest BCUT2D eigenvalue weighted by Gasteiger charge is -2.04. The summed E-state index contributed by atoms with van der Waals surface area (Å²) in [5.41, 5.74) is 3.07. The van der Waals surface area contributed by atoms with Crippen LogP contribution >= 0.6 is 0 Å². The topological polar surface area (TPSA) is 41.6 Å². The first kappa shape index (κ1) is 9.90. The average Bonchev–Trinajstić information content (AvgIpc) is 2.62. The van der Waals surface area contributed by atoms with E-state index in [4.69, 9.17) is 0 Å². The summed E-state index contributed by atoms with van der Waals surface area (Å²) in [6, 6.07) is 5.88. The number of aryl methyl sites for hydroxylation is 1. The zero-order valence-electron chi connectivity index (χ0n) is 9.28. The van der Waals surface area contributed by atoms with Gasteiger partial charge in [0, 0.05) is 11.9 Å². The van der Waals surface area contributed by atoms with Gasteiger partial charge in [-0.15, -0.1) is 0 Å². The quantitative estimate of drug-likeness (QED) is 0.811. The summed E-state index contributed by atoms with van der Waals surface area (Å²) >= 11 is 0. The minimum atomic E-state index is 0.434. The van der Waals surface area contributed by atoms with E-state index in [-0.39, 0.29) is 0 Å². The number of H-pyrrole nitrogens is 1. The second-order valence-electron chi connectivity index (χ2n) is 3.95. The fourth-order valence-electron chi connectivity index (χ4n) is 1.63. The highest BCUT2D eigenvalue weighted by atomic mass is 14.9. The van der Waals surface area contributed by atoms with Crippen molar-refractivity contribution in [2.24, 2.45) is 0 Å². The Morgan fingerprint density at radius 1 is 1.27 bits per heavy atom. The summed E-state index contributed by atoms with van der Waals surface area (Å²) in [4.78, 5) is 12.1. The molecule has 0 radical (unpaired) electrons. The molecule has 1 N–H and O–H groups in total. The standard InChI is InChI=1S/C12H15N3/c1-8(2)11-12(15-9(3)14-11)10-6-4-5-7-13-10/h4-8H,1-3H3,(H,14,15). The highest BCUT2D eigenvalue weighted by Gasteiger charge is 2.13. The predicted molar refractivity (Wildman–Crippen MR) is 60.6 cm³/mol. The van der Waals surface area contributed by atoms with Crippen molar-refractivity contribution in [3.8, 4) is 11.4 Å². The maximum atomic E-state index is 4.48. The van der Waals surface area contributed by atoms with Crippen LogP contribution in [0, 0.1) is 6.92 Å². The molecular weight excluding hydrogens is 186 g/mol. The molecule has 2 aromatic rings. The molecule has 0 saturated carbocycles. The zero-order valence-corrected chi connectivity index (χ0v) is 9.28. The predicted octanol–water partition coefficient (Wildman–Crippen LogP) is 2.90. The van der Waals surface area contributed by atoms with Crippen LogP contribution in [0.4, 0.5) is 0 Å². The van der Waals surface area contributed by atoms with Crippen LogP contribution in [0.15, 0.2) is 24.4 Å². The van der Waals surface area contributed by atoms with E-state index < -0.39 is 0 Å². The van der Waals surface area contributed by atoms with Crippen LogP contribution in [0.1, 0.15) is 31.3 Å². The molecule has 0 atom stereocenters. The SMILES string of the molecule is Cc1nc(-c2ccccn2)c(C(C)C)[nH]1. The Labute approximate surface area is 89.6 Å². The van der Waals surface area contributed by atoms with Gasteiger partial charge in [0.1, 0.15) is 11.5 Å². The molecule has 0 unspecified atom stereocenters. The van der Waals surface area contributed by atoms with Crippen molar-refractivity contribution >= 4 is 0 Å². The first-order valence-electron chi connectivity index (χ1n) is 5.16. The van der Waals surface area contributed by atoms with Gasteiger partial charge in [-0.1, -0.05) is 19.9 Å². The normalized spacial score (nSPS) is 10.9. The van der Waals surface area contributed by atoms with Crippen LogP contribution in [0.3, 0.4) is 0 Å². The van der Waals surface area contributed by atoms with Crippen LogP contribution < -0.4 is 0 Å². The summed E-state index contributed by atoms with van der Waals surface area (Å²) in [6.07, 6.45) is 1.80. The van der Waals surface area contributed by atoms with Crippen molar-refractivity contribution in [2.75, 3.05) is 0 Å². The van der Waals surface area contributed by atoms with Crippen LogP contribution in [-0.2, 0) is 0 Å². The summed E-state index contributed by atoms with van der Waals surface area (Å²) in [5, 5.41) is 0. The van der Waals surface area contributed by atoms with E-state index in [0.717, 1.165) is 22.9 Å². The molecule has 0 aliphatic carbocycles. The number of rotatable bonds is 2. The van der Waals surface area contributed by atoms with Crippen LogP contribution in [-0.4, -0.2) is 15.0 Å². The maximum absolute atomic E-state index is 4.48. The van der Waals surface area contributed by atoms with E-state index in [1.54, 1.807) is 6.20 Å². The third-order valence-electron chi connectivity index (χ3n) is 2.34. The molecule has 0 fully saturated rings. The van der Waals surface area contributed by atoms with Crippen molar-refractivity contribution in [2.45, 2.75) is 26.7 Å². The summed E-state index contributed by atoms with van der Waals surface area (Å²) < 4.78 is 0. The number of nitrogens with zero attached hydrogens (tertiary/aromatic N) is 2. The summed E-state index contributed by atoms with van der Waals surface area (Å²) in [5.74, 6) is 1.38. The third kappa shape index (κ3) is 1.91. The zero-order chi connectivity index (χ0) is 10.8. The van der Waals surface area contributed by atoms with Gasteiger partial charge in [0.05, 0.1) is 5.69 Å². The van der Waals surface area contributed by atoms with Gasteiger partial charge in [-0.25, -0.2) is 4.98 Å². The molecule has 0 saturated heterocycles. The molecule has 0 spiro atoms. The molecule has 3 nitrogen and oxygen atoms in total. The van der Waals surface area contributed by atoms with Gasteiger partial charge in [0.25, 0.3) is 0 Å². The Morgan fingerprint density at radius 3 is 2.67 bits per heavy atom. The van der Waals surface area contributed by atoms with E-state index in [1.165, 1.54) is 0 Å². The highest BCUT2D eigenvalue weighted by Crippen LogP contribution is 2.25. The molecule has 0 amide bonds. The van der Waals surface area contributed by atoms with Gasteiger partial charge in [0.15, 0.2) is 0 Å². The number of aromatic amines is 1. The second kappa shape index (κ2) is 3.85. The molecule has 2 heterocycles. The van der Waals surface area contributed by atoms with Crippen molar-refractivity contribution in [1.82, 2.24) is 15.0 Å². The minimum absolute atomic E-state index is 0.434. The van der Waals surface area contributed by atoms with Crippen LogP contribution in [0.25, 0.3) is 11.4 Å². The van der Waals surface area contributed by atoms with E-state index in [0.29, 0.717) is 5.92 Å². The third-order valence-corrected chi connectivity index (χ3v) is 2.34. The van der Waals surface area contributed by atoms with E-state index in [9.17, 15) is 0 Å². The van der Waals surface area contributed by atoms with Gasteiger partial charge in [0.2, 0.25) is 0 Å². The molecule has 15 heavy (non-hydrogen) atoms. The van der Waals surface area contributed by atoms with E-state index >= 15 is 0 Å². The smallest absolute Gasteiger partial charge is 0.110 e. The number of hydrogen-bond donors (Lipinski definition) is 1. The monoisotopic (exact) mass is 201 g/mol. The molecule has 2 rings (SSSR count). The first-order valence-corrected chi connectivity index (χ1v) is 5.16. The fourth-order valence-corrected chi connectivity index (χ4v) is 1.63. The molecular formula is C12H15N3. The fraction of sp³-hybridized carbons (Fsp3) is 0.333. The Hall–Kier alpha value is -1.64. The van der Waals surface area contributed by atoms with Crippen LogP contribution in [0.5, 0.6) is 0 Å². The first-order chi connectivity index (χ1) is 7.18. The van der Waals surface area contributed by atoms with Gasteiger partial charge in [-0.2, -0.15) is 0 Å². The molecule has 0 aliphatic rings. The molecule has 2 aromatic heterocycles. The number of aromatic nitrogens is 3. The second-order valence-corrected chi connectivity index (χ2v) is 3.95. The molecule has 0 aliphatic heterocycles. The molecule has 0 bridgehead atoms. The van der Waals surface area contributed by atoms with Gasteiger partial charge >= 0.3 is 0 Å². The van der Waals surface area contributed by atoms with Gasteiger partial charge in [-0.3, -0.25) is 4.98 Å². The van der Waals surface area contributed by atoms with Gasteiger partial charge in [-0.05, 0) is 25.0 Å². The summed E-state index contributed by atoms with van der Waals surface area (Å²) in [7, 11) is 0. The Kier molecular flexibility index (Phi) is 2.54. The van der Waals surface area contributed by atoms with Crippen molar-refractivity contribution in [3.05, 3.63) is 35.9 Å². The van der Waals surface area contributed by atoms with Gasteiger partial charge < -0.3 is 4.98 Å². The maximum Gasteiger partial charge on any atom is 0.110 e. The lowest BCUT2D eigenvalue weighted by molar-refractivity contribution is 0.830. The minimum Gasteiger partial charge on any atom is -0.345 e. The van der Waals surface area contributed by atoms with Crippen molar-refractivity contribution < 1.29 is 0 Å². The Morgan fingerprint density at radius 2 is 2.07 bits per heavy atom. The number of hydrogen-bond acceptors (Lipinski definition) is 2. The number of imidazole rings is 1. The lowest BCUT2D eigenvalue weighted by Crippen LogP contribution is -1.92. The van der Waals surface area contributed by atoms with Crippen LogP contribution in [0.2, 0.25) is 0 Å². The number of pyridine rings is 1. The average molecular weight is 201 g/mol. The summed E-state index contributed by atoms with van der Waals surface area (Å²) in [6.45, 7) is 6.27. The van der Waals surface area contributed by atoms with E-state index in [1.807, 2.05) is 25.1 Å². The molecule has 3 heteroatoms. The largest absolute Gasteiger partial charge is 0.345 e.